The van der Waals surface area contributed by atoms with E-state index in [1.165, 1.54) is 10.7 Å². The van der Waals surface area contributed by atoms with Gasteiger partial charge in [-0.2, -0.15) is 18.3 Å². The molecule has 0 aliphatic heterocycles. The van der Waals surface area contributed by atoms with Crippen molar-refractivity contribution in [1.29, 1.82) is 0 Å². The van der Waals surface area contributed by atoms with E-state index < -0.39 is 12.0 Å². The molecule has 0 bridgehead atoms. The molecule has 9 heteroatoms. The molecule has 0 spiro atoms. The molecule has 0 aromatic carbocycles. The van der Waals surface area contributed by atoms with Crippen LogP contribution in [0.5, 0.6) is 0 Å². The lowest BCUT2D eigenvalue weighted by Gasteiger charge is -2.09. The van der Waals surface area contributed by atoms with Crippen LogP contribution in [0.2, 0.25) is 5.02 Å². The maximum Gasteiger partial charge on any atom is 0.451 e. The van der Waals surface area contributed by atoms with Gasteiger partial charge < -0.3 is 5.73 Å². The quantitative estimate of drug-likeness (QED) is 0.876. The average molecular weight is 292 g/mol. The molecule has 0 saturated heterocycles. The highest BCUT2D eigenvalue weighted by Gasteiger charge is 2.35. The normalized spacial score (nSPS) is 11.9. The first-order valence-electron chi connectivity index (χ1n) is 5.14. The van der Waals surface area contributed by atoms with E-state index in [1.54, 1.807) is 13.8 Å². The summed E-state index contributed by atoms with van der Waals surface area (Å²) in [4.78, 5) is 6.57. The summed E-state index contributed by atoms with van der Waals surface area (Å²) in [5.74, 6) is -1.68. The summed E-state index contributed by atoms with van der Waals surface area (Å²) in [5.41, 5.74) is 6.33. The van der Waals surface area contributed by atoms with E-state index in [2.05, 4.69) is 15.1 Å². The number of halogens is 4. The van der Waals surface area contributed by atoms with Gasteiger partial charge in [-0.1, -0.05) is 11.6 Å². The molecule has 0 amide bonds. The van der Waals surface area contributed by atoms with Crippen LogP contribution < -0.4 is 5.73 Å². The Kier molecular flexibility index (Phi) is 3.13. The molecule has 0 atom stereocenters. The number of hydrogen-bond donors (Lipinski definition) is 1. The second-order valence-electron chi connectivity index (χ2n) is 3.87. The standard InChI is InChI=1S/C10H9ClF3N5/c1-4-8(11)5(2)19(18-4)7-3-6(15)16-9(17-7)10(12,13)14/h3H,1-2H3,(H2,15,16,17). The Labute approximate surface area is 111 Å². The third-order valence-electron chi connectivity index (χ3n) is 2.41. The lowest BCUT2D eigenvalue weighted by atomic mass is 10.4. The van der Waals surface area contributed by atoms with Gasteiger partial charge in [-0.15, -0.1) is 0 Å². The zero-order valence-corrected chi connectivity index (χ0v) is 10.7. The van der Waals surface area contributed by atoms with Crippen molar-refractivity contribution in [3.63, 3.8) is 0 Å². The summed E-state index contributed by atoms with van der Waals surface area (Å²) in [6.07, 6.45) is -4.68. The van der Waals surface area contributed by atoms with Gasteiger partial charge in [0.15, 0.2) is 5.82 Å². The number of nitrogens with two attached hydrogens (primary N) is 1. The summed E-state index contributed by atoms with van der Waals surface area (Å²) in [7, 11) is 0. The number of aromatic nitrogens is 4. The fourth-order valence-corrected chi connectivity index (χ4v) is 1.65. The van der Waals surface area contributed by atoms with Crippen LogP contribution in [0.1, 0.15) is 17.2 Å². The summed E-state index contributed by atoms with van der Waals surface area (Å²) in [6, 6.07) is 1.20. The Bertz CT molecular complexity index is 635. The van der Waals surface area contributed by atoms with Crippen molar-refractivity contribution in [2.75, 3.05) is 5.73 Å². The number of anilines is 1. The smallest absolute Gasteiger partial charge is 0.384 e. The van der Waals surface area contributed by atoms with Crippen molar-refractivity contribution in [2.24, 2.45) is 0 Å². The highest BCUT2D eigenvalue weighted by atomic mass is 35.5. The zero-order chi connectivity index (χ0) is 14.4. The average Bonchev–Trinajstić information content (AvgIpc) is 2.55. The first-order chi connectivity index (χ1) is 8.70. The predicted octanol–water partition coefficient (Wildman–Crippen LogP) is 2.53. The van der Waals surface area contributed by atoms with Crippen molar-refractivity contribution in [3.8, 4) is 5.82 Å². The van der Waals surface area contributed by atoms with E-state index in [0.717, 1.165) is 0 Å². The number of hydrogen-bond acceptors (Lipinski definition) is 4. The van der Waals surface area contributed by atoms with Gasteiger partial charge in [-0.25, -0.2) is 14.6 Å². The first-order valence-corrected chi connectivity index (χ1v) is 5.52. The monoisotopic (exact) mass is 291 g/mol. The molecular weight excluding hydrogens is 283 g/mol. The maximum absolute atomic E-state index is 12.6. The van der Waals surface area contributed by atoms with E-state index in [4.69, 9.17) is 17.3 Å². The van der Waals surface area contributed by atoms with Crippen LogP contribution in [-0.2, 0) is 6.18 Å². The Morgan fingerprint density at radius 2 is 1.89 bits per heavy atom. The number of nitrogens with zero attached hydrogens (tertiary/aromatic N) is 4. The molecule has 102 valence electrons. The van der Waals surface area contributed by atoms with Gasteiger partial charge in [0.2, 0.25) is 5.82 Å². The largest absolute Gasteiger partial charge is 0.451 e. The van der Waals surface area contributed by atoms with Gasteiger partial charge in [-0.3, -0.25) is 0 Å². The molecule has 2 aromatic rings. The Balaban J connectivity index is 2.63. The van der Waals surface area contributed by atoms with Crippen molar-refractivity contribution in [2.45, 2.75) is 20.0 Å². The molecule has 2 rings (SSSR count). The van der Waals surface area contributed by atoms with Crippen LogP contribution in [0, 0.1) is 13.8 Å². The Morgan fingerprint density at radius 1 is 1.26 bits per heavy atom. The summed E-state index contributed by atoms with van der Waals surface area (Å²) in [6.45, 7) is 3.26. The van der Waals surface area contributed by atoms with Crippen LogP contribution in [0.3, 0.4) is 0 Å². The molecule has 0 radical (unpaired) electrons. The summed E-state index contributed by atoms with van der Waals surface area (Å²) < 4.78 is 39.0. The van der Waals surface area contributed by atoms with Gasteiger partial charge in [0.25, 0.3) is 0 Å². The van der Waals surface area contributed by atoms with Gasteiger partial charge in [0.05, 0.1) is 16.4 Å². The van der Waals surface area contributed by atoms with Crippen molar-refractivity contribution >= 4 is 17.4 Å². The fraction of sp³-hybridized carbons (Fsp3) is 0.300. The molecule has 19 heavy (non-hydrogen) atoms. The van der Waals surface area contributed by atoms with E-state index >= 15 is 0 Å². The second-order valence-corrected chi connectivity index (χ2v) is 4.25. The van der Waals surface area contributed by atoms with Crippen molar-refractivity contribution < 1.29 is 13.2 Å². The molecule has 0 aliphatic carbocycles. The second kappa shape index (κ2) is 4.37. The highest BCUT2D eigenvalue weighted by Crippen LogP contribution is 2.28. The maximum atomic E-state index is 12.6. The minimum Gasteiger partial charge on any atom is -0.384 e. The third kappa shape index (κ3) is 2.48. The van der Waals surface area contributed by atoms with Gasteiger partial charge in [-0.05, 0) is 13.8 Å². The number of aryl methyl sites for hydroxylation is 1. The van der Waals surface area contributed by atoms with E-state index in [9.17, 15) is 13.2 Å². The minimum absolute atomic E-state index is 0.0766. The lowest BCUT2D eigenvalue weighted by Crippen LogP contribution is -2.15. The number of alkyl halides is 3. The Morgan fingerprint density at radius 3 is 2.37 bits per heavy atom. The molecule has 5 nitrogen and oxygen atoms in total. The van der Waals surface area contributed by atoms with Gasteiger partial charge in [0, 0.05) is 6.07 Å². The molecule has 0 aliphatic rings. The molecule has 0 unspecified atom stereocenters. The predicted molar refractivity (Wildman–Crippen MR) is 63.1 cm³/mol. The van der Waals surface area contributed by atoms with Gasteiger partial charge >= 0.3 is 6.18 Å². The highest BCUT2D eigenvalue weighted by molar-refractivity contribution is 6.31. The topological polar surface area (TPSA) is 69.6 Å². The van der Waals surface area contributed by atoms with E-state index in [0.29, 0.717) is 16.4 Å². The molecule has 2 heterocycles. The van der Waals surface area contributed by atoms with Crippen molar-refractivity contribution in [1.82, 2.24) is 19.7 Å². The summed E-state index contributed by atoms with van der Waals surface area (Å²) in [5, 5.41) is 4.38. The molecule has 0 fully saturated rings. The van der Waals surface area contributed by atoms with Crippen molar-refractivity contribution in [3.05, 3.63) is 28.3 Å². The van der Waals surface area contributed by atoms with Crippen LogP contribution >= 0.6 is 11.6 Å². The number of rotatable bonds is 1. The van der Waals surface area contributed by atoms with E-state index in [-0.39, 0.29) is 11.6 Å². The molecule has 0 saturated carbocycles. The molecular formula is C10H9ClF3N5. The van der Waals surface area contributed by atoms with Gasteiger partial charge in [0.1, 0.15) is 5.82 Å². The Hall–Kier alpha value is -1.83. The molecule has 2 N–H and O–H groups in total. The SMILES string of the molecule is Cc1nn(-c2cc(N)nc(C(F)(F)F)n2)c(C)c1Cl. The lowest BCUT2D eigenvalue weighted by molar-refractivity contribution is -0.144. The fourth-order valence-electron chi connectivity index (χ4n) is 1.53. The molecule has 2 aromatic heterocycles. The minimum atomic E-state index is -4.68. The van der Waals surface area contributed by atoms with Crippen LogP contribution in [0.15, 0.2) is 6.07 Å². The third-order valence-corrected chi connectivity index (χ3v) is 2.95. The van der Waals surface area contributed by atoms with Crippen LogP contribution in [0.4, 0.5) is 19.0 Å². The first kappa shape index (κ1) is 13.6. The summed E-state index contributed by atoms with van der Waals surface area (Å²) >= 11 is 5.94. The van der Waals surface area contributed by atoms with Crippen LogP contribution in [-0.4, -0.2) is 19.7 Å². The van der Waals surface area contributed by atoms with E-state index in [1.807, 2.05) is 0 Å². The van der Waals surface area contributed by atoms with Crippen LogP contribution in [0.25, 0.3) is 5.82 Å². The zero-order valence-electron chi connectivity index (χ0n) is 9.96. The number of nitrogen functional groups attached to an aromatic ring is 1.